The Labute approximate surface area is 194 Å². The van der Waals surface area contributed by atoms with Gasteiger partial charge in [-0.15, -0.1) is 0 Å². The summed E-state index contributed by atoms with van der Waals surface area (Å²) in [6.07, 6.45) is 2.51. The molecule has 2 amide bonds. The van der Waals surface area contributed by atoms with Gasteiger partial charge in [-0.2, -0.15) is 0 Å². The van der Waals surface area contributed by atoms with Crippen LogP contribution in [0.15, 0.2) is 48.5 Å². The van der Waals surface area contributed by atoms with E-state index in [2.05, 4.69) is 56.4 Å². The van der Waals surface area contributed by atoms with E-state index in [1.165, 1.54) is 5.56 Å². The lowest BCUT2D eigenvalue weighted by molar-refractivity contribution is -0.141. The summed E-state index contributed by atoms with van der Waals surface area (Å²) in [5.74, 6) is 0.446. The van der Waals surface area contributed by atoms with Gasteiger partial charge in [0.15, 0.2) is 0 Å². The van der Waals surface area contributed by atoms with Gasteiger partial charge >= 0.3 is 0 Å². The molecule has 2 atom stereocenters. The predicted molar refractivity (Wildman–Crippen MR) is 133 cm³/mol. The molecule has 0 aliphatic heterocycles. The van der Waals surface area contributed by atoms with Crippen molar-refractivity contribution in [2.24, 2.45) is 0 Å². The van der Waals surface area contributed by atoms with Crippen LogP contribution in [0.4, 0.5) is 0 Å². The van der Waals surface area contributed by atoms with E-state index in [4.69, 9.17) is 0 Å². The van der Waals surface area contributed by atoms with Gasteiger partial charge in [0.05, 0.1) is 0 Å². The molecule has 4 nitrogen and oxygen atoms in total. The third-order valence-corrected chi connectivity index (χ3v) is 6.26. The summed E-state index contributed by atoms with van der Waals surface area (Å²) in [7, 11) is 0. The number of nitrogens with one attached hydrogen (secondary N) is 1. The second-order valence-corrected chi connectivity index (χ2v) is 9.09. The number of hydrogen-bond acceptors (Lipinski definition) is 2. The third kappa shape index (κ3) is 7.22. The monoisotopic (exact) mass is 436 g/mol. The Morgan fingerprint density at radius 2 is 1.59 bits per heavy atom. The molecule has 0 saturated heterocycles. The minimum absolute atomic E-state index is 0.0207. The van der Waals surface area contributed by atoms with E-state index < -0.39 is 6.04 Å². The minimum atomic E-state index is -0.473. The van der Waals surface area contributed by atoms with E-state index in [9.17, 15) is 9.59 Å². The molecule has 32 heavy (non-hydrogen) atoms. The number of aryl methyl sites for hydroxylation is 2. The van der Waals surface area contributed by atoms with Crippen molar-refractivity contribution < 1.29 is 9.59 Å². The fourth-order valence-corrected chi connectivity index (χ4v) is 3.80. The lowest BCUT2D eigenvalue weighted by Gasteiger charge is -2.32. The Bertz CT molecular complexity index is 873. The molecule has 174 valence electrons. The van der Waals surface area contributed by atoms with Crippen molar-refractivity contribution in [1.29, 1.82) is 0 Å². The molecule has 0 aliphatic rings. The van der Waals surface area contributed by atoms with E-state index in [0.717, 1.165) is 23.1 Å². The highest BCUT2D eigenvalue weighted by atomic mass is 16.2. The predicted octanol–water partition coefficient (Wildman–Crippen LogP) is 5.77. The number of carbonyl (C=O) groups excluding carboxylic acids is 2. The minimum Gasteiger partial charge on any atom is -0.352 e. The quantitative estimate of drug-likeness (QED) is 0.486. The zero-order chi connectivity index (χ0) is 23.7. The number of amides is 2. The average Bonchev–Trinajstić information content (AvgIpc) is 2.78. The van der Waals surface area contributed by atoms with E-state index in [0.29, 0.717) is 31.7 Å². The van der Waals surface area contributed by atoms with E-state index in [-0.39, 0.29) is 17.9 Å². The highest BCUT2D eigenvalue weighted by Crippen LogP contribution is 2.19. The van der Waals surface area contributed by atoms with Crippen LogP contribution in [0.2, 0.25) is 0 Å². The first kappa shape index (κ1) is 25.6. The Balaban J connectivity index is 2.20. The third-order valence-electron chi connectivity index (χ3n) is 6.26. The molecule has 0 spiro atoms. The molecule has 2 aromatic carbocycles. The first-order valence-electron chi connectivity index (χ1n) is 12.0. The summed E-state index contributed by atoms with van der Waals surface area (Å²) in [6, 6.07) is 16.2. The molecule has 0 saturated carbocycles. The molecule has 2 rings (SSSR count). The summed E-state index contributed by atoms with van der Waals surface area (Å²) in [5, 5.41) is 3.07. The van der Waals surface area contributed by atoms with Crippen LogP contribution < -0.4 is 5.32 Å². The van der Waals surface area contributed by atoms with E-state index in [1.807, 2.05) is 39.0 Å². The van der Waals surface area contributed by atoms with Crippen LogP contribution >= 0.6 is 0 Å². The molecule has 0 bridgehead atoms. The van der Waals surface area contributed by atoms with Crippen LogP contribution in [-0.4, -0.2) is 28.8 Å². The number of nitrogens with zero attached hydrogens (tertiary/aromatic N) is 1. The lowest BCUT2D eigenvalue weighted by Crippen LogP contribution is -2.50. The van der Waals surface area contributed by atoms with Crippen LogP contribution in [-0.2, 0) is 22.6 Å². The Morgan fingerprint density at radius 3 is 2.16 bits per heavy atom. The summed E-state index contributed by atoms with van der Waals surface area (Å²) >= 11 is 0. The van der Waals surface area contributed by atoms with Gasteiger partial charge < -0.3 is 10.2 Å². The lowest BCUT2D eigenvalue weighted by atomic mass is 9.99. The van der Waals surface area contributed by atoms with E-state index >= 15 is 0 Å². The fourth-order valence-electron chi connectivity index (χ4n) is 3.80. The molecule has 1 N–H and O–H groups in total. The Hall–Kier alpha value is -2.62. The van der Waals surface area contributed by atoms with Gasteiger partial charge in [-0.3, -0.25) is 9.59 Å². The molecule has 0 aliphatic carbocycles. The molecule has 0 heterocycles. The van der Waals surface area contributed by atoms with Gasteiger partial charge in [0.2, 0.25) is 11.8 Å². The second kappa shape index (κ2) is 12.4. The first-order chi connectivity index (χ1) is 15.3. The maximum atomic E-state index is 13.4. The maximum Gasteiger partial charge on any atom is 0.243 e. The van der Waals surface area contributed by atoms with Crippen LogP contribution in [0.25, 0.3) is 0 Å². The molecule has 0 radical (unpaired) electrons. The van der Waals surface area contributed by atoms with Gasteiger partial charge in [0.1, 0.15) is 6.04 Å². The van der Waals surface area contributed by atoms with Gasteiger partial charge in [-0.05, 0) is 61.3 Å². The van der Waals surface area contributed by atoms with Crippen molar-refractivity contribution in [3.8, 4) is 0 Å². The van der Waals surface area contributed by atoms with Gasteiger partial charge in [-0.25, -0.2) is 0 Å². The normalized spacial score (nSPS) is 13.0. The Kier molecular flexibility index (Phi) is 9.96. The topological polar surface area (TPSA) is 49.4 Å². The van der Waals surface area contributed by atoms with Gasteiger partial charge in [-0.1, -0.05) is 76.2 Å². The molecule has 0 unspecified atom stereocenters. The molecular weight excluding hydrogens is 396 g/mol. The van der Waals surface area contributed by atoms with Crippen molar-refractivity contribution in [1.82, 2.24) is 10.2 Å². The van der Waals surface area contributed by atoms with Crippen molar-refractivity contribution in [3.05, 3.63) is 70.8 Å². The highest BCUT2D eigenvalue weighted by molar-refractivity contribution is 5.88. The van der Waals surface area contributed by atoms with Gasteiger partial charge in [0, 0.05) is 19.0 Å². The smallest absolute Gasteiger partial charge is 0.243 e. The Morgan fingerprint density at radius 1 is 0.938 bits per heavy atom. The molecule has 0 fully saturated rings. The van der Waals surface area contributed by atoms with Crippen molar-refractivity contribution in [2.45, 2.75) is 91.8 Å². The van der Waals surface area contributed by atoms with Crippen molar-refractivity contribution in [3.63, 3.8) is 0 Å². The summed E-state index contributed by atoms with van der Waals surface area (Å²) in [4.78, 5) is 28.2. The second-order valence-electron chi connectivity index (χ2n) is 9.09. The molecule has 0 aromatic heterocycles. The van der Waals surface area contributed by atoms with Crippen molar-refractivity contribution in [2.75, 3.05) is 0 Å². The summed E-state index contributed by atoms with van der Waals surface area (Å²) in [6.45, 7) is 12.9. The van der Waals surface area contributed by atoms with Crippen molar-refractivity contribution >= 4 is 11.8 Å². The van der Waals surface area contributed by atoms with Crippen LogP contribution in [0, 0.1) is 6.92 Å². The zero-order valence-corrected chi connectivity index (χ0v) is 20.7. The van der Waals surface area contributed by atoms with Gasteiger partial charge in [0.25, 0.3) is 0 Å². The molecule has 4 heteroatoms. The summed E-state index contributed by atoms with van der Waals surface area (Å²) < 4.78 is 0. The van der Waals surface area contributed by atoms with Crippen LogP contribution in [0.3, 0.4) is 0 Å². The van der Waals surface area contributed by atoms with Crippen LogP contribution in [0.1, 0.15) is 82.1 Å². The maximum absolute atomic E-state index is 13.4. The standard InChI is InChI=1S/C28H40N2O2/c1-7-22(6)29-28(32)26(8-2)30(19-25-12-10-9-11-21(25)5)27(31)18-15-23-13-16-24(17-14-23)20(3)4/h9-14,16-17,20,22,26H,7-8,15,18-19H2,1-6H3,(H,29,32)/t22-,26-/m1/s1. The SMILES string of the molecule is CC[C@@H](C)NC(=O)[C@@H](CC)N(Cc1ccccc1C)C(=O)CCc1ccc(C(C)C)cc1. The number of carbonyl (C=O) groups is 2. The number of benzene rings is 2. The average molecular weight is 437 g/mol. The van der Waals surface area contributed by atoms with E-state index in [1.54, 1.807) is 4.90 Å². The zero-order valence-electron chi connectivity index (χ0n) is 20.7. The number of hydrogen-bond donors (Lipinski definition) is 1. The highest BCUT2D eigenvalue weighted by Gasteiger charge is 2.29. The first-order valence-corrected chi connectivity index (χ1v) is 12.0. The summed E-state index contributed by atoms with van der Waals surface area (Å²) in [5.41, 5.74) is 4.66. The largest absolute Gasteiger partial charge is 0.352 e. The van der Waals surface area contributed by atoms with Crippen LogP contribution in [0.5, 0.6) is 0 Å². The number of rotatable bonds is 11. The molecule has 2 aromatic rings. The fraction of sp³-hybridized carbons (Fsp3) is 0.500. The molecular formula is C28H40N2O2.